The summed E-state index contributed by atoms with van der Waals surface area (Å²) in [6, 6.07) is 5.83. The van der Waals surface area contributed by atoms with Crippen LogP contribution < -0.4 is 11.5 Å². The fraction of sp³-hybridized carbons (Fsp3) is 0.667. The first-order valence-corrected chi connectivity index (χ1v) is 11.0. The lowest BCUT2D eigenvalue weighted by atomic mass is 10.0. The first kappa shape index (κ1) is 22.6. The van der Waals surface area contributed by atoms with E-state index in [4.69, 9.17) is 11.5 Å². The molecule has 1 rings (SSSR count). The Labute approximate surface area is 162 Å². The van der Waals surface area contributed by atoms with Crippen LogP contribution in [-0.4, -0.2) is 0 Å². The molecule has 0 bridgehead atoms. The zero-order valence-electron chi connectivity index (χ0n) is 17.1. The Morgan fingerprint density at radius 1 is 0.654 bits per heavy atom. The molecule has 0 amide bonds. The van der Waals surface area contributed by atoms with Gasteiger partial charge in [0.2, 0.25) is 0 Å². The molecule has 0 heterocycles. The third-order valence-electron chi connectivity index (χ3n) is 5.19. The van der Waals surface area contributed by atoms with Crippen molar-refractivity contribution in [3.63, 3.8) is 0 Å². The smallest absolute Gasteiger partial charge is 0.0367 e. The lowest BCUT2D eigenvalue weighted by Crippen LogP contribution is -2.00. The Balaban J connectivity index is 1.87. The summed E-state index contributed by atoms with van der Waals surface area (Å²) in [5, 5.41) is 0. The molecule has 0 aliphatic heterocycles. The zero-order valence-corrected chi connectivity index (χ0v) is 17.1. The summed E-state index contributed by atoms with van der Waals surface area (Å²) >= 11 is 0. The molecule has 2 heteroatoms. The summed E-state index contributed by atoms with van der Waals surface area (Å²) in [7, 11) is 0. The highest BCUT2D eigenvalue weighted by Gasteiger charge is 2.02. The number of anilines is 2. The molecule has 0 aliphatic carbocycles. The highest BCUT2D eigenvalue weighted by Crippen LogP contribution is 2.22. The van der Waals surface area contributed by atoms with Crippen molar-refractivity contribution in [3.05, 3.63) is 35.9 Å². The summed E-state index contributed by atoms with van der Waals surface area (Å²) < 4.78 is 0. The molecule has 0 aromatic heterocycles. The van der Waals surface area contributed by atoms with Gasteiger partial charge in [-0.1, -0.05) is 82.9 Å². The standard InChI is InChI=1S/C24H42N2/c1-2-3-4-5-6-7-8-9-10-11-12-13-14-15-16-17-19-22-23(25)20-18-21-24(22)26/h9-10,18,20-21H,2-8,11-17,19,25-26H2,1H3/b10-9-. The molecule has 0 saturated heterocycles. The molecular weight excluding hydrogens is 316 g/mol. The Hall–Kier alpha value is -1.44. The van der Waals surface area contributed by atoms with E-state index in [1.54, 1.807) is 0 Å². The van der Waals surface area contributed by atoms with Gasteiger partial charge in [-0.3, -0.25) is 0 Å². The predicted octanol–water partition coefficient (Wildman–Crippen LogP) is 7.43. The van der Waals surface area contributed by atoms with Crippen molar-refractivity contribution < 1.29 is 0 Å². The molecule has 26 heavy (non-hydrogen) atoms. The van der Waals surface area contributed by atoms with Gasteiger partial charge in [0.1, 0.15) is 0 Å². The second-order valence-corrected chi connectivity index (χ2v) is 7.60. The Morgan fingerprint density at radius 2 is 1.12 bits per heavy atom. The van der Waals surface area contributed by atoms with Crippen LogP contribution in [0.1, 0.15) is 102 Å². The number of benzene rings is 1. The van der Waals surface area contributed by atoms with Crippen LogP contribution in [0.2, 0.25) is 0 Å². The van der Waals surface area contributed by atoms with E-state index in [0.717, 1.165) is 23.4 Å². The minimum absolute atomic E-state index is 0.845. The monoisotopic (exact) mass is 358 g/mol. The molecule has 4 N–H and O–H groups in total. The Bertz CT molecular complexity index is 459. The molecule has 0 fully saturated rings. The van der Waals surface area contributed by atoms with Gasteiger partial charge in [-0.15, -0.1) is 0 Å². The molecule has 0 unspecified atom stereocenters. The van der Waals surface area contributed by atoms with Crippen molar-refractivity contribution in [2.75, 3.05) is 11.5 Å². The number of nitrogen functional groups attached to an aromatic ring is 2. The summed E-state index contributed by atoms with van der Waals surface area (Å²) in [6.45, 7) is 2.28. The molecule has 1 aromatic carbocycles. The average Bonchev–Trinajstić information content (AvgIpc) is 2.63. The maximum absolute atomic E-state index is 6.00. The summed E-state index contributed by atoms with van der Waals surface area (Å²) in [4.78, 5) is 0. The number of hydrogen-bond acceptors (Lipinski definition) is 2. The summed E-state index contributed by atoms with van der Waals surface area (Å²) in [5.74, 6) is 0. The minimum Gasteiger partial charge on any atom is -0.398 e. The molecule has 0 spiro atoms. The van der Waals surface area contributed by atoms with Crippen molar-refractivity contribution in [2.45, 2.75) is 103 Å². The lowest BCUT2D eigenvalue weighted by Gasteiger charge is -2.08. The largest absolute Gasteiger partial charge is 0.398 e. The van der Waals surface area contributed by atoms with Crippen LogP contribution in [0.15, 0.2) is 30.4 Å². The van der Waals surface area contributed by atoms with Crippen LogP contribution in [0.4, 0.5) is 11.4 Å². The van der Waals surface area contributed by atoms with Gasteiger partial charge in [0.15, 0.2) is 0 Å². The minimum atomic E-state index is 0.845. The third-order valence-corrected chi connectivity index (χ3v) is 5.19. The third kappa shape index (κ3) is 11.2. The quantitative estimate of drug-likeness (QED) is 0.183. The van der Waals surface area contributed by atoms with Gasteiger partial charge in [-0.2, -0.15) is 0 Å². The number of unbranched alkanes of at least 4 members (excludes halogenated alkanes) is 12. The van der Waals surface area contributed by atoms with E-state index in [-0.39, 0.29) is 0 Å². The van der Waals surface area contributed by atoms with Gasteiger partial charge >= 0.3 is 0 Å². The van der Waals surface area contributed by atoms with Crippen molar-refractivity contribution in [3.8, 4) is 0 Å². The van der Waals surface area contributed by atoms with Gasteiger partial charge in [0.25, 0.3) is 0 Å². The van der Waals surface area contributed by atoms with E-state index < -0.39 is 0 Å². The van der Waals surface area contributed by atoms with E-state index in [1.807, 2.05) is 18.2 Å². The topological polar surface area (TPSA) is 52.0 Å². The highest BCUT2D eigenvalue weighted by atomic mass is 14.6. The van der Waals surface area contributed by atoms with Gasteiger partial charge < -0.3 is 11.5 Å². The van der Waals surface area contributed by atoms with Crippen LogP contribution in [0.3, 0.4) is 0 Å². The van der Waals surface area contributed by atoms with Crippen LogP contribution in [-0.2, 0) is 6.42 Å². The molecule has 148 valence electrons. The van der Waals surface area contributed by atoms with Crippen molar-refractivity contribution in [1.82, 2.24) is 0 Å². The zero-order chi connectivity index (χ0) is 18.9. The van der Waals surface area contributed by atoms with Gasteiger partial charge in [0.05, 0.1) is 0 Å². The van der Waals surface area contributed by atoms with E-state index >= 15 is 0 Å². The number of rotatable bonds is 16. The van der Waals surface area contributed by atoms with Crippen LogP contribution in [0, 0.1) is 0 Å². The van der Waals surface area contributed by atoms with E-state index in [2.05, 4.69) is 19.1 Å². The van der Waals surface area contributed by atoms with Gasteiger partial charge in [0, 0.05) is 11.4 Å². The van der Waals surface area contributed by atoms with E-state index in [0.29, 0.717) is 0 Å². The molecule has 0 aliphatic rings. The number of allylic oxidation sites excluding steroid dienone is 2. The van der Waals surface area contributed by atoms with Crippen LogP contribution >= 0.6 is 0 Å². The average molecular weight is 359 g/mol. The SMILES string of the molecule is CCCCCCCC/C=C\CCCCCCCCc1c(N)cccc1N. The van der Waals surface area contributed by atoms with Crippen molar-refractivity contribution >= 4 is 11.4 Å². The molecule has 0 saturated carbocycles. The van der Waals surface area contributed by atoms with Gasteiger partial charge in [-0.05, 0) is 56.2 Å². The number of nitrogens with two attached hydrogens (primary N) is 2. The van der Waals surface area contributed by atoms with Crippen LogP contribution in [0.25, 0.3) is 0 Å². The van der Waals surface area contributed by atoms with E-state index in [1.165, 1.54) is 89.9 Å². The Morgan fingerprint density at radius 3 is 1.65 bits per heavy atom. The summed E-state index contributed by atoms with van der Waals surface area (Å²) in [5.41, 5.74) is 14.8. The predicted molar refractivity (Wildman–Crippen MR) is 118 cm³/mol. The number of hydrogen-bond donors (Lipinski definition) is 2. The molecule has 0 atom stereocenters. The first-order valence-electron chi connectivity index (χ1n) is 11.0. The maximum atomic E-state index is 6.00. The second-order valence-electron chi connectivity index (χ2n) is 7.60. The lowest BCUT2D eigenvalue weighted by molar-refractivity contribution is 0.596. The fourth-order valence-electron chi connectivity index (χ4n) is 3.46. The first-order chi connectivity index (χ1) is 12.8. The van der Waals surface area contributed by atoms with E-state index in [9.17, 15) is 0 Å². The van der Waals surface area contributed by atoms with Crippen molar-refractivity contribution in [2.24, 2.45) is 0 Å². The van der Waals surface area contributed by atoms with Gasteiger partial charge in [-0.25, -0.2) is 0 Å². The Kier molecular flexibility index (Phi) is 13.7. The van der Waals surface area contributed by atoms with Crippen molar-refractivity contribution in [1.29, 1.82) is 0 Å². The highest BCUT2D eigenvalue weighted by molar-refractivity contribution is 5.61. The molecule has 0 radical (unpaired) electrons. The molecule has 2 nitrogen and oxygen atoms in total. The summed E-state index contributed by atoms with van der Waals surface area (Å²) in [6.07, 6.45) is 24.6. The maximum Gasteiger partial charge on any atom is 0.0367 e. The normalized spacial score (nSPS) is 11.4. The molecular formula is C24H42N2. The molecule has 1 aromatic rings. The fourth-order valence-corrected chi connectivity index (χ4v) is 3.46. The van der Waals surface area contributed by atoms with Crippen LogP contribution in [0.5, 0.6) is 0 Å². The second kappa shape index (κ2) is 15.8.